The number of halogens is 1. The van der Waals surface area contributed by atoms with E-state index in [1.165, 1.54) is 12.1 Å². The molecule has 1 unspecified atom stereocenters. The SMILES string of the molecule is Cc1nc(C2CCCN2C(=O)C(C)(C)c2cccc(F)c2)ncc1C(=O)N1CCOCC1. The first kappa shape index (κ1) is 22.3. The lowest BCUT2D eigenvalue weighted by molar-refractivity contribution is -0.137. The van der Waals surface area contributed by atoms with Crippen LogP contribution in [0.3, 0.4) is 0 Å². The van der Waals surface area contributed by atoms with Gasteiger partial charge in [-0.15, -0.1) is 0 Å². The monoisotopic (exact) mass is 440 g/mol. The number of aromatic nitrogens is 2. The number of benzene rings is 1. The van der Waals surface area contributed by atoms with Crippen molar-refractivity contribution in [3.63, 3.8) is 0 Å². The van der Waals surface area contributed by atoms with E-state index < -0.39 is 5.41 Å². The lowest BCUT2D eigenvalue weighted by atomic mass is 9.83. The van der Waals surface area contributed by atoms with Crippen molar-refractivity contribution >= 4 is 11.8 Å². The lowest BCUT2D eigenvalue weighted by Crippen LogP contribution is -2.43. The summed E-state index contributed by atoms with van der Waals surface area (Å²) < 4.78 is 19.1. The zero-order valence-corrected chi connectivity index (χ0v) is 18.8. The van der Waals surface area contributed by atoms with E-state index in [1.807, 2.05) is 13.8 Å². The first-order chi connectivity index (χ1) is 15.3. The molecule has 0 N–H and O–H groups in total. The number of morpholine rings is 1. The third kappa shape index (κ3) is 4.24. The van der Waals surface area contributed by atoms with Crippen LogP contribution in [-0.4, -0.2) is 64.4 Å². The van der Waals surface area contributed by atoms with Crippen molar-refractivity contribution in [2.24, 2.45) is 0 Å². The minimum atomic E-state index is -0.883. The van der Waals surface area contributed by atoms with Crippen LogP contribution in [0.15, 0.2) is 30.5 Å². The summed E-state index contributed by atoms with van der Waals surface area (Å²) in [5.74, 6) is 0.00649. The Morgan fingerprint density at radius 2 is 1.94 bits per heavy atom. The molecule has 0 aliphatic carbocycles. The Bertz CT molecular complexity index is 1020. The van der Waals surface area contributed by atoms with Gasteiger partial charge in [0.1, 0.15) is 5.82 Å². The predicted molar refractivity (Wildman–Crippen MR) is 117 cm³/mol. The Hall–Kier alpha value is -2.87. The molecule has 2 aromatic rings. The second-order valence-electron chi connectivity index (χ2n) is 8.92. The topological polar surface area (TPSA) is 75.6 Å². The molecule has 3 heterocycles. The molecule has 1 aromatic carbocycles. The molecular weight excluding hydrogens is 411 g/mol. The minimum absolute atomic E-state index is 0.0830. The van der Waals surface area contributed by atoms with Gasteiger partial charge in [-0.05, 0) is 51.3 Å². The van der Waals surface area contributed by atoms with E-state index in [1.54, 1.807) is 35.1 Å². The fourth-order valence-electron chi connectivity index (χ4n) is 4.43. The van der Waals surface area contributed by atoms with Gasteiger partial charge in [0.15, 0.2) is 5.82 Å². The summed E-state index contributed by atoms with van der Waals surface area (Å²) in [6, 6.07) is 5.92. The van der Waals surface area contributed by atoms with Crippen LogP contribution in [0, 0.1) is 12.7 Å². The first-order valence-corrected chi connectivity index (χ1v) is 11.1. The minimum Gasteiger partial charge on any atom is -0.378 e. The number of aryl methyl sites for hydroxylation is 1. The molecule has 0 radical (unpaired) electrons. The van der Waals surface area contributed by atoms with Gasteiger partial charge in [0, 0.05) is 25.8 Å². The maximum Gasteiger partial charge on any atom is 0.257 e. The van der Waals surface area contributed by atoms with Gasteiger partial charge in [0.05, 0.1) is 35.9 Å². The number of carbonyl (C=O) groups is 2. The number of amides is 2. The van der Waals surface area contributed by atoms with Crippen molar-refractivity contribution in [2.45, 2.75) is 45.1 Å². The zero-order valence-electron chi connectivity index (χ0n) is 18.8. The van der Waals surface area contributed by atoms with Crippen LogP contribution in [0.2, 0.25) is 0 Å². The van der Waals surface area contributed by atoms with Crippen molar-refractivity contribution in [3.8, 4) is 0 Å². The van der Waals surface area contributed by atoms with Crippen LogP contribution in [0.4, 0.5) is 4.39 Å². The van der Waals surface area contributed by atoms with Gasteiger partial charge in [-0.25, -0.2) is 14.4 Å². The number of nitrogens with zero attached hydrogens (tertiary/aromatic N) is 4. The molecule has 0 spiro atoms. The Morgan fingerprint density at radius 1 is 1.19 bits per heavy atom. The second kappa shape index (κ2) is 8.94. The fourth-order valence-corrected chi connectivity index (χ4v) is 4.43. The smallest absolute Gasteiger partial charge is 0.257 e. The predicted octanol–water partition coefficient (Wildman–Crippen LogP) is 3.04. The molecule has 2 aliphatic rings. The molecule has 1 aromatic heterocycles. The Labute approximate surface area is 187 Å². The third-order valence-corrected chi connectivity index (χ3v) is 6.42. The average Bonchev–Trinajstić information content (AvgIpc) is 3.28. The van der Waals surface area contributed by atoms with E-state index in [9.17, 15) is 14.0 Å². The highest BCUT2D eigenvalue weighted by molar-refractivity contribution is 5.95. The average molecular weight is 441 g/mol. The molecule has 2 amide bonds. The number of hydrogen-bond acceptors (Lipinski definition) is 5. The summed E-state index contributed by atoms with van der Waals surface area (Å²) in [4.78, 5) is 39.0. The number of likely N-dealkylation sites (tertiary alicyclic amines) is 1. The van der Waals surface area contributed by atoms with Crippen LogP contribution >= 0.6 is 0 Å². The Morgan fingerprint density at radius 3 is 2.62 bits per heavy atom. The van der Waals surface area contributed by atoms with E-state index in [2.05, 4.69) is 9.97 Å². The van der Waals surface area contributed by atoms with Crippen molar-refractivity contribution in [2.75, 3.05) is 32.8 Å². The van der Waals surface area contributed by atoms with Crippen LogP contribution in [0.1, 0.15) is 60.2 Å². The van der Waals surface area contributed by atoms with Crippen LogP contribution in [0.25, 0.3) is 0 Å². The van der Waals surface area contributed by atoms with Gasteiger partial charge in [0.2, 0.25) is 5.91 Å². The maximum absolute atomic E-state index is 13.8. The fraction of sp³-hybridized carbons (Fsp3) is 0.500. The summed E-state index contributed by atoms with van der Waals surface area (Å²) in [5.41, 5.74) is 0.838. The van der Waals surface area contributed by atoms with Gasteiger partial charge in [-0.2, -0.15) is 0 Å². The highest BCUT2D eigenvalue weighted by atomic mass is 19.1. The number of rotatable bonds is 4. The molecule has 8 heteroatoms. The second-order valence-corrected chi connectivity index (χ2v) is 8.92. The molecule has 2 aliphatic heterocycles. The molecule has 32 heavy (non-hydrogen) atoms. The highest BCUT2D eigenvalue weighted by Crippen LogP contribution is 2.36. The van der Waals surface area contributed by atoms with Gasteiger partial charge >= 0.3 is 0 Å². The molecular formula is C24H29FN4O3. The molecule has 2 saturated heterocycles. The lowest BCUT2D eigenvalue weighted by Gasteiger charge is -2.33. The van der Waals surface area contributed by atoms with Gasteiger partial charge < -0.3 is 14.5 Å². The van der Waals surface area contributed by atoms with E-state index >= 15 is 0 Å². The van der Waals surface area contributed by atoms with Crippen LogP contribution < -0.4 is 0 Å². The standard InChI is InChI=1S/C24H29FN4O3/c1-16-19(22(30)28-10-12-32-13-11-28)15-26-21(27-16)20-8-5-9-29(20)23(31)24(2,3)17-6-4-7-18(25)14-17/h4,6-7,14-15,20H,5,8-13H2,1-3H3. The summed E-state index contributed by atoms with van der Waals surface area (Å²) in [5, 5.41) is 0. The largest absolute Gasteiger partial charge is 0.378 e. The van der Waals surface area contributed by atoms with E-state index in [-0.39, 0.29) is 23.7 Å². The maximum atomic E-state index is 13.8. The molecule has 170 valence electrons. The summed E-state index contributed by atoms with van der Waals surface area (Å²) in [6.45, 7) is 8.20. The summed E-state index contributed by atoms with van der Waals surface area (Å²) >= 11 is 0. The Balaban J connectivity index is 1.56. The first-order valence-electron chi connectivity index (χ1n) is 11.1. The van der Waals surface area contributed by atoms with Crippen LogP contribution in [-0.2, 0) is 14.9 Å². The molecule has 0 bridgehead atoms. The zero-order chi connectivity index (χ0) is 22.9. The number of hydrogen-bond donors (Lipinski definition) is 0. The molecule has 7 nitrogen and oxygen atoms in total. The van der Waals surface area contributed by atoms with Crippen LogP contribution in [0.5, 0.6) is 0 Å². The van der Waals surface area contributed by atoms with Crippen molar-refractivity contribution in [1.82, 2.24) is 19.8 Å². The summed E-state index contributed by atoms with van der Waals surface area (Å²) in [6.07, 6.45) is 3.17. The van der Waals surface area contributed by atoms with Gasteiger partial charge in [-0.1, -0.05) is 12.1 Å². The molecule has 4 rings (SSSR count). The number of ether oxygens (including phenoxy) is 1. The quantitative estimate of drug-likeness (QED) is 0.731. The molecule has 0 saturated carbocycles. The summed E-state index contributed by atoms with van der Waals surface area (Å²) in [7, 11) is 0. The molecule has 2 fully saturated rings. The molecule has 1 atom stereocenters. The van der Waals surface area contributed by atoms with E-state index in [0.29, 0.717) is 55.5 Å². The Kier molecular flexibility index (Phi) is 6.24. The number of carbonyl (C=O) groups excluding carboxylic acids is 2. The van der Waals surface area contributed by atoms with Gasteiger partial charge in [0.25, 0.3) is 5.91 Å². The highest BCUT2D eigenvalue weighted by Gasteiger charge is 2.40. The van der Waals surface area contributed by atoms with Gasteiger partial charge in [-0.3, -0.25) is 9.59 Å². The van der Waals surface area contributed by atoms with Crippen molar-refractivity contribution < 1.29 is 18.7 Å². The third-order valence-electron chi connectivity index (χ3n) is 6.42. The van der Waals surface area contributed by atoms with Crippen molar-refractivity contribution in [1.29, 1.82) is 0 Å². The normalized spacial score (nSPS) is 19.3. The van der Waals surface area contributed by atoms with E-state index in [0.717, 1.165) is 12.8 Å². The van der Waals surface area contributed by atoms with Crippen molar-refractivity contribution in [3.05, 3.63) is 58.9 Å². The van der Waals surface area contributed by atoms with E-state index in [4.69, 9.17) is 4.74 Å².